The fraction of sp³-hybridized carbons (Fsp3) is 0.455. The van der Waals surface area contributed by atoms with Crippen LogP contribution in [0.4, 0.5) is 0 Å². The number of phenols is 1. The van der Waals surface area contributed by atoms with Crippen LogP contribution in [0, 0.1) is 0 Å². The van der Waals surface area contributed by atoms with Crippen molar-refractivity contribution < 1.29 is 29.4 Å². The zero-order valence-electron chi connectivity index (χ0n) is 17.4. The number of amides is 3. The zero-order chi connectivity index (χ0) is 23.0. The number of nitrogens with zero attached hydrogens (tertiary/aromatic N) is 2. The number of likely N-dealkylation sites (tertiary alicyclic amines) is 1. The Balaban J connectivity index is 2.27. The van der Waals surface area contributed by atoms with E-state index in [-0.39, 0.29) is 24.5 Å². The Labute approximate surface area is 181 Å². The van der Waals surface area contributed by atoms with E-state index in [0.717, 1.165) is 0 Å². The van der Waals surface area contributed by atoms with Crippen LogP contribution in [0.1, 0.15) is 37.7 Å². The van der Waals surface area contributed by atoms with Gasteiger partial charge >= 0.3 is 5.97 Å². The summed E-state index contributed by atoms with van der Waals surface area (Å²) in [5, 5.41) is 19.2. The number of nitrogens with two attached hydrogens (primary N) is 1. The Kier molecular flexibility index (Phi) is 8.75. The molecular weight excluding hydrogens is 402 g/mol. The van der Waals surface area contributed by atoms with Gasteiger partial charge in [0.05, 0.1) is 6.54 Å². The molecule has 31 heavy (non-hydrogen) atoms. The molecule has 9 heteroatoms. The van der Waals surface area contributed by atoms with Crippen LogP contribution < -0.4 is 5.73 Å². The third-order valence-corrected chi connectivity index (χ3v) is 5.30. The van der Waals surface area contributed by atoms with Crippen LogP contribution in [0.2, 0.25) is 0 Å². The smallest absolute Gasteiger partial charge is 0.327 e. The fourth-order valence-electron chi connectivity index (χ4n) is 3.72. The van der Waals surface area contributed by atoms with Crippen LogP contribution in [0.5, 0.6) is 5.75 Å². The molecule has 168 valence electrons. The maximum Gasteiger partial charge on any atom is 0.327 e. The first-order valence-electron chi connectivity index (χ1n) is 10.3. The summed E-state index contributed by atoms with van der Waals surface area (Å²) in [5.41, 5.74) is 6.00. The highest BCUT2D eigenvalue weighted by atomic mass is 16.4. The maximum atomic E-state index is 13.3. The summed E-state index contributed by atoms with van der Waals surface area (Å²) in [6.07, 6.45) is 4.02. The largest absolute Gasteiger partial charge is 0.508 e. The monoisotopic (exact) mass is 431 g/mol. The van der Waals surface area contributed by atoms with Crippen molar-refractivity contribution in [3.63, 3.8) is 0 Å². The summed E-state index contributed by atoms with van der Waals surface area (Å²) in [7, 11) is 0. The highest BCUT2D eigenvalue weighted by Crippen LogP contribution is 2.23. The minimum atomic E-state index is -1.48. The van der Waals surface area contributed by atoms with E-state index in [9.17, 15) is 29.4 Å². The molecule has 1 fully saturated rings. The number of rotatable bonds is 10. The molecule has 1 saturated heterocycles. The van der Waals surface area contributed by atoms with Crippen LogP contribution in [-0.4, -0.2) is 68.9 Å². The lowest BCUT2D eigenvalue weighted by atomic mass is 10.0. The summed E-state index contributed by atoms with van der Waals surface area (Å²) in [5.74, 6) is -3.09. The topological polar surface area (TPSA) is 141 Å². The molecule has 4 N–H and O–H groups in total. The van der Waals surface area contributed by atoms with Crippen LogP contribution in [0.25, 0.3) is 0 Å². The normalized spacial score (nSPS) is 16.5. The quantitative estimate of drug-likeness (QED) is 0.371. The van der Waals surface area contributed by atoms with Gasteiger partial charge in [-0.2, -0.15) is 0 Å². The van der Waals surface area contributed by atoms with Gasteiger partial charge in [-0.25, -0.2) is 4.79 Å². The summed E-state index contributed by atoms with van der Waals surface area (Å²) in [6.45, 7) is 3.46. The molecule has 2 rings (SSSR count). The molecule has 1 heterocycles. The minimum absolute atomic E-state index is 0.0122. The second-order valence-corrected chi connectivity index (χ2v) is 7.46. The molecule has 0 saturated carbocycles. The van der Waals surface area contributed by atoms with Crippen molar-refractivity contribution in [1.29, 1.82) is 0 Å². The minimum Gasteiger partial charge on any atom is -0.508 e. The molecule has 1 aliphatic rings. The van der Waals surface area contributed by atoms with E-state index in [4.69, 9.17) is 5.73 Å². The third-order valence-electron chi connectivity index (χ3n) is 5.30. The Morgan fingerprint density at radius 2 is 1.94 bits per heavy atom. The third kappa shape index (κ3) is 6.14. The van der Waals surface area contributed by atoms with E-state index < -0.39 is 36.4 Å². The molecule has 0 unspecified atom stereocenters. The van der Waals surface area contributed by atoms with Crippen molar-refractivity contribution in [2.24, 2.45) is 5.73 Å². The van der Waals surface area contributed by atoms with E-state index in [1.165, 1.54) is 29.2 Å². The summed E-state index contributed by atoms with van der Waals surface area (Å²) < 4.78 is 0. The molecule has 3 amide bonds. The molecule has 2 atom stereocenters. The number of phenolic OH excluding ortho intramolecular Hbond substituents is 1. The van der Waals surface area contributed by atoms with Gasteiger partial charge in [0.15, 0.2) is 0 Å². The van der Waals surface area contributed by atoms with Gasteiger partial charge in [0.1, 0.15) is 17.8 Å². The van der Waals surface area contributed by atoms with Gasteiger partial charge in [-0.15, -0.1) is 6.58 Å². The van der Waals surface area contributed by atoms with Gasteiger partial charge in [0.2, 0.25) is 11.8 Å². The second kappa shape index (κ2) is 11.3. The van der Waals surface area contributed by atoms with Gasteiger partial charge in [0.25, 0.3) is 5.91 Å². The molecular formula is C22H29N3O6. The number of carboxylic acids is 1. The number of imide groups is 1. The molecule has 1 aliphatic heterocycles. The van der Waals surface area contributed by atoms with Gasteiger partial charge in [-0.3, -0.25) is 19.3 Å². The van der Waals surface area contributed by atoms with E-state index in [1.807, 2.05) is 0 Å². The molecule has 0 aromatic heterocycles. The molecule has 0 bridgehead atoms. The number of hydrogen-bond donors (Lipinski definition) is 3. The van der Waals surface area contributed by atoms with Gasteiger partial charge < -0.3 is 20.8 Å². The SMILES string of the molecule is C=CCCCC(=O)N1CCC[C@H]1C(=O)N(C(=O)CN)[C@@H](Cc1ccc(O)cc1)C(=O)O. The predicted molar refractivity (Wildman–Crippen MR) is 113 cm³/mol. The van der Waals surface area contributed by atoms with Crippen molar-refractivity contribution >= 4 is 23.7 Å². The van der Waals surface area contributed by atoms with Crippen LogP contribution in [-0.2, 0) is 25.6 Å². The first-order chi connectivity index (χ1) is 14.8. The van der Waals surface area contributed by atoms with Crippen molar-refractivity contribution in [1.82, 2.24) is 9.80 Å². The number of allylic oxidation sites excluding steroid dienone is 1. The van der Waals surface area contributed by atoms with Crippen molar-refractivity contribution in [2.45, 2.75) is 50.6 Å². The standard InChI is InChI=1S/C22H29N3O6/c1-2-3-4-7-19(27)24-12-5-6-17(24)21(29)25(20(28)14-23)18(22(30)31)13-15-8-10-16(26)11-9-15/h2,8-11,17-18,26H,1,3-7,12-14,23H2,(H,30,31)/t17-,18-/m0/s1. The first kappa shape index (κ1) is 24.1. The number of aliphatic carboxylic acids is 1. The Morgan fingerprint density at radius 3 is 2.52 bits per heavy atom. The average molecular weight is 431 g/mol. The molecule has 1 aromatic carbocycles. The summed E-state index contributed by atoms with van der Waals surface area (Å²) >= 11 is 0. The van der Waals surface area contributed by atoms with E-state index in [2.05, 4.69) is 6.58 Å². The average Bonchev–Trinajstić information content (AvgIpc) is 3.24. The van der Waals surface area contributed by atoms with Gasteiger partial charge in [0, 0.05) is 19.4 Å². The number of aromatic hydroxyl groups is 1. The second-order valence-electron chi connectivity index (χ2n) is 7.46. The van der Waals surface area contributed by atoms with Crippen LogP contribution in [0.3, 0.4) is 0 Å². The summed E-state index contributed by atoms with van der Waals surface area (Å²) in [6, 6.07) is 3.45. The fourth-order valence-corrected chi connectivity index (χ4v) is 3.72. The first-order valence-corrected chi connectivity index (χ1v) is 10.3. The van der Waals surface area contributed by atoms with Gasteiger partial charge in [-0.05, 0) is 43.4 Å². The van der Waals surface area contributed by atoms with Crippen molar-refractivity contribution in [2.75, 3.05) is 13.1 Å². The van der Waals surface area contributed by atoms with E-state index in [1.54, 1.807) is 6.08 Å². The number of unbranched alkanes of at least 4 members (excludes halogenated alkanes) is 1. The van der Waals surface area contributed by atoms with Crippen LogP contribution >= 0.6 is 0 Å². The molecule has 9 nitrogen and oxygen atoms in total. The number of hydrogen-bond acceptors (Lipinski definition) is 6. The van der Waals surface area contributed by atoms with Crippen molar-refractivity contribution in [3.05, 3.63) is 42.5 Å². The highest BCUT2D eigenvalue weighted by Gasteiger charge is 2.42. The van der Waals surface area contributed by atoms with Crippen LogP contribution in [0.15, 0.2) is 36.9 Å². The lowest BCUT2D eigenvalue weighted by Gasteiger charge is -2.32. The molecule has 0 spiro atoms. The van der Waals surface area contributed by atoms with Crippen molar-refractivity contribution in [3.8, 4) is 5.75 Å². The number of carbonyl (C=O) groups is 4. The highest BCUT2D eigenvalue weighted by molar-refractivity contribution is 6.03. The van der Waals surface area contributed by atoms with E-state index >= 15 is 0 Å². The van der Waals surface area contributed by atoms with Gasteiger partial charge in [-0.1, -0.05) is 18.2 Å². The number of carbonyl (C=O) groups excluding carboxylic acids is 3. The van der Waals surface area contributed by atoms with E-state index in [0.29, 0.717) is 42.7 Å². The molecule has 1 aromatic rings. The summed E-state index contributed by atoms with van der Waals surface area (Å²) in [4.78, 5) is 52.6. The number of carboxylic acid groups (broad SMARTS) is 1. The molecule has 0 aliphatic carbocycles. The number of benzene rings is 1. The Hall–Kier alpha value is -3.20. The molecule has 0 radical (unpaired) electrons. The predicted octanol–water partition coefficient (Wildman–Crippen LogP) is 1.05. The Morgan fingerprint density at radius 1 is 1.26 bits per heavy atom. The Bertz CT molecular complexity index is 823. The lowest BCUT2D eigenvalue weighted by Crippen LogP contribution is -2.57. The zero-order valence-corrected chi connectivity index (χ0v) is 17.4. The maximum absolute atomic E-state index is 13.3. The lowest BCUT2D eigenvalue weighted by molar-refractivity contribution is -0.160.